The van der Waals surface area contributed by atoms with Gasteiger partial charge in [-0.1, -0.05) is 45.7 Å². The van der Waals surface area contributed by atoms with E-state index in [4.69, 9.17) is 11.6 Å². The number of aromatic hydroxyl groups is 1. The molecule has 0 aliphatic carbocycles. The first-order chi connectivity index (χ1) is 9.65. The Bertz CT molecular complexity index is 687. The average molecular weight is 352 g/mol. The van der Waals surface area contributed by atoms with Crippen LogP contribution >= 0.6 is 27.5 Å². The van der Waals surface area contributed by atoms with E-state index in [0.717, 1.165) is 26.3 Å². The Hall–Kier alpha value is -1.52. The van der Waals surface area contributed by atoms with Crippen molar-refractivity contribution in [2.75, 3.05) is 0 Å². The van der Waals surface area contributed by atoms with Crippen LogP contribution in [0.5, 0.6) is 5.75 Å². The summed E-state index contributed by atoms with van der Waals surface area (Å²) in [6.45, 7) is 0. The van der Waals surface area contributed by atoms with E-state index in [-0.39, 0.29) is 11.8 Å². The third-order valence-corrected chi connectivity index (χ3v) is 4.14. The quantitative estimate of drug-likeness (QED) is 0.849. The Balaban J connectivity index is 1.86. The van der Waals surface area contributed by atoms with Gasteiger partial charge in [-0.15, -0.1) is 0 Å². The number of hydrogen-bond acceptors (Lipinski definition) is 3. The summed E-state index contributed by atoms with van der Waals surface area (Å²) in [6.07, 6.45) is 0.688. The second-order valence-corrected chi connectivity index (χ2v) is 5.95. The first kappa shape index (κ1) is 13.5. The van der Waals surface area contributed by atoms with Crippen molar-refractivity contribution in [1.82, 2.24) is 5.43 Å². The van der Waals surface area contributed by atoms with Gasteiger partial charge in [0.2, 0.25) is 0 Å². The second-order valence-electron chi connectivity index (χ2n) is 4.63. The van der Waals surface area contributed by atoms with E-state index in [1.54, 1.807) is 12.1 Å². The van der Waals surface area contributed by atoms with Crippen molar-refractivity contribution in [2.24, 2.45) is 5.10 Å². The molecule has 1 atom stereocenters. The van der Waals surface area contributed by atoms with Gasteiger partial charge in [-0.05, 0) is 29.8 Å². The van der Waals surface area contributed by atoms with E-state index in [1.807, 2.05) is 30.3 Å². The highest BCUT2D eigenvalue weighted by atomic mass is 79.9. The predicted molar refractivity (Wildman–Crippen MR) is 84.3 cm³/mol. The van der Waals surface area contributed by atoms with Gasteiger partial charge in [-0.3, -0.25) is 0 Å². The Morgan fingerprint density at radius 1 is 1.25 bits per heavy atom. The van der Waals surface area contributed by atoms with Crippen molar-refractivity contribution >= 4 is 33.2 Å². The van der Waals surface area contributed by atoms with Gasteiger partial charge >= 0.3 is 0 Å². The number of halogens is 2. The van der Waals surface area contributed by atoms with Gasteiger partial charge in [-0.2, -0.15) is 5.10 Å². The minimum atomic E-state index is 0.0390. The zero-order valence-electron chi connectivity index (χ0n) is 10.5. The average Bonchev–Trinajstić information content (AvgIpc) is 2.91. The number of hydrogen-bond donors (Lipinski definition) is 2. The van der Waals surface area contributed by atoms with Crippen molar-refractivity contribution in [1.29, 1.82) is 0 Å². The number of phenols is 1. The maximum absolute atomic E-state index is 9.95. The number of rotatable bonds is 2. The lowest BCUT2D eigenvalue weighted by Crippen LogP contribution is -2.10. The van der Waals surface area contributed by atoms with Crippen LogP contribution in [0.2, 0.25) is 5.02 Å². The van der Waals surface area contributed by atoms with Crippen LogP contribution in [0.3, 0.4) is 0 Å². The largest absolute Gasteiger partial charge is 0.507 e. The third kappa shape index (κ3) is 2.53. The van der Waals surface area contributed by atoms with Gasteiger partial charge in [0.15, 0.2) is 0 Å². The molecule has 1 aliphatic heterocycles. The predicted octanol–water partition coefficient (Wildman–Crippen LogP) is 4.25. The smallest absolute Gasteiger partial charge is 0.124 e. The van der Waals surface area contributed by atoms with Crippen molar-refractivity contribution in [2.45, 2.75) is 12.5 Å². The SMILES string of the molecule is Oc1ccc(Br)cc1C1=NN[C@@H](c2ccccc2Cl)C1. The highest BCUT2D eigenvalue weighted by Gasteiger charge is 2.24. The van der Waals surface area contributed by atoms with Crippen LogP contribution in [-0.4, -0.2) is 10.8 Å². The second kappa shape index (κ2) is 5.46. The lowest BCUT2D eigenvalue weighted by atomic mass is 9.98. The van der Waals surface area contributed by atoms with Crippen LogP contribution in [0.1, 0.15) is 23.6 Å². The number of hydrazone groups is 1. The summed E-state index contributed by atoms with van der Waals surface area (Å²) in [6, 6.07) is 13.1. The first-order valence-electron chi connectivity index (χ1n) is 6.20. The first-order valence-corrected chi connectivity index (χ1v) is 7.37. The summed E-state index contributed by atoms with van der Waals surface area (Å²) in [5.41, 5.74) is 5.67. The molecule has 5 heteroatoms. The standard InChI is InChI=1S/C15H12BrClN2O/c16-9-5-6-15(20)11(7-9)14-8-13(18-19-14)10-3-1-2-4-12(10)17/h1-7,13,18,20H,8H2/t13-/m1/s1. The van der Waals surface area contributed by atoms with E-state index in [0.29, 0.717) is 6.42 Å². The maximum Gasteiger partial charge on any atom is 0.124 e. The molecule has 0 radical (unpaired) electrons. The Labute approximate surface area is 130 Å². The molecule has 0 saturated carbocycles. The highest BCUT2D eigenvalue weighted by Crippen LogP contribution is 2.32. The summed E-state index contributed by atoms with van der Waals surface area (Å²) >= 11 is 9.61. The van der Waals surface area contributed by atoms with Crippen molar-refractivity contribution < 1.29 is 5.11 Å². The molecular weight excluding hydrogens is 340 g/mol. The van der Waals surface area contributed by atoms with E-state index >= 15 is 0 Å². The fourth-order valence-corrected chi connectivity index (χ4v) is 2.92. The fourth-order valence-electron chi connectivity index (χ4n) is 2.29. The van der Waals surface area contributed by atoms with Gasteiger partial charge in [-0.25, -0.2) is 0 Å². The van der Waals surface area contributed by atoms with E-state index < -0.39 is 0 Å². The van der Waals surface area contributed by atoms with Crippen LogP contribution < -0.4 is 5.43 Å². The Morgan fingerprint density at radius 3 is 2.85 bits per heavy atom. The molecular formula is C15H12BrClN2O. The van der Waals surface area contributed by atoms with Crippen molar-refractivity contribution in [3.63, 3.8) is 0 Å². The molecule has 1 heterocycles. The van der Waals surface area contributed by atoms with Gasteiger partial charge in [0, 0.05) is 21.5 Å². The molecule has 3 nitrogen and oxygen atoms in total. The van der Waals surface area contributed by atoms with E-state index in [9.17, 15) is 5.11 Å². The zero-order chi connectivity index (χ0) is 14.1. The molecule has 0 aromatic heterocycles. The van der Waals surface area contributed by atoms with Crippen LogP contribution in [0.25, 0.3) is 0 Å². The molecule has 20 heavy (non-hydrogen) atoms. The van der Waals surface area contributed by atoms with Gasteiger partial charge in [0.25, 0.3) is 0 Å². The lowest BCUT2D eigenvalue weighted by molar-refractivity contribution is 0.474. The van der Waals surface area contributed by atoms with Gasteiger partial charge in [0.05, 0.1) is 11.8 Å². The summed E-state index contributed by atoms with van der Waals surface area (Å²) in [4.78, 5) is 0. The molecule has 0 fully saturated rings. The molecule has 2 aromatic rings. The Morgan fingerprint density at radius 2 is 2.05 bits per heavy atom. The molecule has 0 saturated heterocycles. The summed E-state index contributed by atoms with van der Waals surface area (Å²) < 4.78 is 0.911. The molecule has 0 unspecified atom stereocenters. The molecule has 1 aliphatic rings. The zero-order valence-corrected chi connectivity index (χ0v) is 12.8. The fraction of sp³-hybridized carbons (Fsp3) is 0.133. The summed E-state index contributed by atoms with van der Waals surface area (Å²) in [5, 5.41) is 15.0. The Kier molecular flexibility index (Phi) is 3.68. The third-order valence-electron chi connectivity index (χ3n) is 3.30. The normalized spacial score (nSPS) is 17.7. The molecule has 2 N–H and O–H groups in total. The molecule has 3 rings (SSSR count). The minimum Gasteiger partial charge on any atom is -0.507 e. The van der Waals surface area contributed by atoms with E-state index in [1.165, 1.54) is 0 Å². The van der Waals surface area contributed by atoms with Crippen LogP contribution in [0, 0.1) is 0 Å². The van der Waals surface area contributed by atoms with Gasteiger partial charge < -0.3 is 10.5 Å². The van der Waals surface area contributed by atoms with Crippen molar-refractivity contribution in [3.05, 3.63) is 63.1 Å². The minimum absolute atomic E-state index is 0.0390. The molecule has 0 spiro atoms. The van der Waals surface area contributed by atoms with Crippen molar-refractivity contribution in [3.8, 4) is 5.75 Å². The van der Waals surface area contributed by atoms with Crippen LogP contribution in [-0.2, 0) is 0 Å². The number of phenolic OH excluding ortho intramolecular Hbond substituents is 1. The summed E-state index contributed by atoms with van der Waals surface area (Å²) in [7, 11) is 0. The lowest BCUT2D eigenvalue weighted by Gasteiger charge is -2.12. The molecule has 102 valence electrons. The summed E-state index contributed by atoms with van der Waals surface area (Å²) in [5.74, 6) is 0.230. The van der Waals surface area contributed by atoms with Crippen LogP contribution in [0.4, 0.5) is 0 Å². The highest BCUT2D eigenvalue weighted by molar-refractivity contribution is 9.10. The molecule has 0 bridgehead atoms. The maximum atomic E-state index is 9.95. The number of nitrogens with zero attached hydrogens (tertiary/aromatic N) is 1. The van der Waals surface area contributed by atoms with Crippen LogP contribution in [0.15, 0.2) is 52.0 Å². The molecule has 2 aromatic carbocycles. The molecule has 0 amide bonds. The van der Waals surface area contributed by atoms with E-state index in [2.05, 4.69) is 26.5 Å². The topological polar surface area (TPSA) is 44.6 Å². The van der Waals surface area contributed by atoms with Gasteiger partial charge in [0.1, 0.15) is 5.75 Å². The monoisotopic (exact) mass is 350 g/mol. The number of nitrogens with one attached hydrogen (secondary N) is 1. The number of benzene rings is 2.